The van der Waals surface area contributed by atoms with Crippen LogP contribution >= 0.6 is 11.6 Å². The molecule has 0 radical (unpaired) electrons. The first-order chi connectivity index (χ1) is 20.3. The van der Waals surface area contributed by atoms with Crippen molar-refractivity contribution in [3.05, 3.63) is 76.8 Å². The first kappa shape index (κ1) is 30.3. The van der Waals surface area contributed by atoms with Crippen molar-refractivity contribution >= 4 is 40.2 Å². The lowest BCUT2D eigenvalue weighted by molar-refractivity contribution is -0.274. The van der Waals surface area contributed by atoms with Crippen LogP contribution in [-0.4, -0.2) is 34.9 Å². The second kappa shape index (κ2) is 11.5. The van der Waals surface area contributed by atoms with Crippen molar-refractivity contribution in [2.75, 3.05) is 12.0 Å². The van der Waals surface area contributed by atoms with E-state index in [9.17, 15) is 31.5 Å². The molecule has 0 saturated heterocycles. The summed E-state index contributed by atoms with van der Waals surface area (Å²) in [5.74, 6) is -4.48. The fourth-order valence-corrected chi connectivity index (χ4v) is 5.91. The van der Waals surface area contributed by atoms with Crippen molar-refractivity contribution in [3.63, 3.8) is 0 Å². The molecule has 13 heteroatoms. The topological polar surface area (TPSA) is 73.7 Å². The van der Waals surface area contributed by atoms with Crippen LogP contribution in [0.3, 0.4) is 0 Å². The van der Waals surface area contributed by atoms with Crippen LogP contribution in [0.1, 0.15) is 49.4 Å². The summed E-state index contributed by atoms with van der Waals surface area (Å²) in [6, 6.07) is 11.6. The molecule has 1 aliphatic rings. The molecule has 1 heterocycles. The van der Waals surface area contributed by atoms with Crippen molar-refractivity contribution in [3.8, 4) is 17.1 Å². The molecule has 226 valence electrons. The van der Waals surface area contributed by atoms with Crippen molar-refractivity contribution in [2.24, 2.45) is 0 Å². The highest BCUT2D eigenvalue weighted by molar-refractivity contribution is 6.30. The molecule has 1 saturated carbocycles. The Morgan fingerprint density at radius 1 is 0.977 bits per heavy atom. The number of esters is 1. The SMILES string of the molecule is COC(=O)c1ccc(N(C(C)=O)C2(n3c(-c4ccc(Cl)cc4)nc4cc(F)c(F)cc43)CCCCC2)c(OC(F)(F)F)c1. The van der Waals surface area contributed by atoms with E-state index in [4.69, 9.17) is 11.6 Å². The summed E-state index contributed by atoms with van der Waals surface area (Å²) in [4.78, 5) is 31.6. The molecule has 1 amide bonds. The van der Waals surface area contributed by atoms with Gasteiger partial charge in [-0.3, -0.25) is 14.3 Å². The van der Waals surface area contributed by atoms with E-state index >= 15 is 0 Å². The normalized spacial score (nSPS) is 14.9. The van der Waals surface area contributed by atoms with Crippen LogP contribution in [0.15, 0.2) is 54.6 Å². The van der Waals surface area contributed by atoms with E-state index in [-0.39, 0.29) is 41.0 Å². The molecule has 1 aliphatic carbocycles. The first-order valence-electron chi connectivity index (χ1n) is 13.3. The molecule has 5 rings (SSSR count). The molecule has 0 unspecified atom stereocenters. The Morgan fingerprint density at radius 2 is 1.63 bits per heavy atom. The Kier molecular flexibility index (Phi) is 8.08. The third kappa shape index (κ3) is 5.75. The predicted molar refractivity (Wildman–Crippen MR) is 149 cm³/mol. The highest BCUT2D eigenvalue weighted by Gasteiger charge is 2.46. The number of carbonyl (C=O) groups excluding carboxylic acids is 2. The molecule has 1 aromatic heterocycles. The number of halogens is 6. The van der Waals surface area contributed by atoms with Gasteiger partial charge in [0, 0.05) is 29.6 Å². The van der Waals surface area contributed by atoms with Crippen LogP contribution in [0, 0.1) is 11.6 Å². The number of aromatic nitrogens is 2. The van der Waals surface area contributed by atoms with Crippen LogP contribution in [-0.2, 0) is 15.2 Å². The van der Waals surface area contributed by atoms with Crippen LogP contribution < -0.4 is 9.64 Å². The maximum absolute atomic E-state index is 14.8. The summed E-state index contributed by atoms with van der Waals surface area (Å²) >= 11 is 6.10. The average molecular weight is 622 g/mol. The van der Waals surface area contributed by atoms with E-state index in [0.717, 1.165) is 36.6 Å². The third-order valence-electron chi connectivity index (χ3n) is 7.45. The summed E-state index contributed by atoms with van der Waals surface area (Å²) in [5, 5.41) is 0.417. The van der Waals surface area contributed by atoms with Gasteiger partial charge in [-0.25, -0.2) is 18.6 Å². The van der Waals surface area contributed by atoms with E-state index in [2.05, 4.69) is 14.5 Å². The second-order valence-corrected chi connectivity index (χ2v) is 10.6. The largest absolute Gasteiger partial charge is 0.573 e. The molecule has 0 N–H and O–H groups in total. The van der Waals surface area contributed by atoms with Crippen molar-refractivity contribution in [1.82, 2.24) is 9.55 Å². The molecular formula is C30H25ClF5N3O4. The number of ether oxygens (including phenoxy) is 2. The fourth-order valence-electron chi connectivity index (χ4n) is 5.79. The average Bonchev–Trinajstić information content (AvgIpc) is 3.32. The number of nitrogens with zero attached hydrogens (tertiary/aromatic N) is 3. The van der Waals surface area contributed by atoms with Crippen molar-refractivity contribution in [1.29, 1.82) is 0 Å². The van der Waals surface area contributed by atoms with Crippen LogP contribution in [0.5, 0.6) is 5.75 Å². The van der Waals surface area contributed by atoms with Gasteiger partial charge in [-0.2, -0.15) is 0 Å². The highest BCUT2D eigenvalue weighted by atomic mass is 35.5. The summed E-state index contributed by atoms with van der Waals surface area (Å²) in [7, 11) is 1.07. The number of imidazole rings is 1. The van der Waals surface area contributed by atoms with Gasteiger partial charge in [0.2, 0.25) is 5.91 Å². The molecule has 0 atom stereocenters. The maximum atomic E-state index is 14.8. The van der Waals surface area contributed by atoms with E-state index in [1.54, 1.807) is 28.8 Å². The summed E-state index contributed by atoms with van der Waals surface area (Å²) in [6.07, 6.45) is -2.88. The number of anilines is 1. The molecule has 1 fully saturated rings. The Hall–Kier alpha value is -4.19. The lowest BCUT2D eigenvalue weighted by Crippen LogP contribution is -2.54. The number of rotatable bonds is 6. The number of hydrogen-bond acceptors (Lipinski definition) is 5. The Balaban J connectivity index is 1.85. The van der Waals surface area contributed by atoms with Gasteiger partial charge in [-0.15, -0.1) is 13.2 Å². The van der Waals surface area contributed by atoms with Crippen LogP contribution in [0.4, 0.5) is 27.6 Å². The van der Waals surface area contributed by atoms with Gasteiger partial charge in [-0.05, 0) is 68.1 Å². The van der Waals surface area contributed by atoms with E-state index in [1.807, 2.05) is 0 Å². The molecule has 7 nitrogen and oxygen atoms in total. The molecule has 4 aromatic rings. The van der Waals surface area contributed by atoms with E-state index in [1.165, 1.54) is 19.1 Å². The summed E-state index contributed by atoms with van der Waals surface area (Å²) in [5.41, 5.74) is -1.28. The zero-order chi connectivity index (χ0) is 31.1. The number of hydrogen-bond donors (Lipinski definition) is 0. The first-order valence-corrected chi connectivity index (χ1v) is 13.7. The van der Waals surface area contributed by atoms with E-state index in [0.29, 0.717) is 23.4 Å². The standard InChI is InChI=1S/C30H25ClF5N3O4/c1-17(40)38(24-11-8-19(28(41)42-2)14-26(24)43-30(34,35)36)29(12-4-3-5-13-29)39-25-16-22(33)21(32)15-23(25)37-27(39)18-6-9-20(31)10-7-18/h6-11,14-16H,3-5,12-13H2,1-2H3. The zero-order valence-electron chi connectivity index (χ0n) is 23.0. The molecule has 0 bridgehead atoms. The molecule has 0 spiro atoms. The second-order valence-electron chi connectivity index (χ2n) is 10.2. The monoisotopic (exact) mass is 621 g/mol. The number of amides is 1. The number of carbonyl (C=O) groups is 2. The third-order valence-corrected chi connectivity index (χ3v) is 7.70. The van der Waals surface area contributed by atoms with Gasteiger partial charge in [0.1, 0.15) is 11.5 Å². The number of benzene rings is 3. The molecule has 3 aromatic carbocycles. The minimum Gasteiger partial charge on any atom is -0.465 e. The van der Waals surface area contributed by atoms with E-state index < -0.39 is 41.3 Å². The van der Waals surface area contributed by atoms with Gasteiger partial charge in [-0.1, -0.05) is 18.0 Å². The van der Waals surface area contributed by atoms with Gasteiger partial charge in [0.05, 0.1) is 29.4 Å². The van der Waals surface area contributed by atoms with Gasteiger partial charge in [0.15, 0.2) is 17.4 Å². The van der Waals surface area contributed by atoms with Gasteiger partial charge >= 0.3 is 12.3 Å². The van der Waals surface area contributed by atoms with Crippen molar-refractivity contribution in [2.45, 2.75) is 51.1 Å². The molecule has 0 aliphatic heterocycles. The number of fused-ring (bicyclic) bond motifs is 1. The van der Waals surface area contributed by atoms with Crippen LogP contribution in [0.25, 0.3) is 22.4 Å². The number of methoxy groups -OCH3 is 1. The molecule has 43 heavy (non-hydrogen) atoms. The Morgan fingerprint density at radius 3 is 2.23 bits per heavy atom. The quantitative estimate of drug-likeness (QED) is 0.161. The zero-order valence-corrected chi connectivity index (χ0v) is 23.7. The maximum Gasteiger partial charge on any atom is 0.573 e. The predicted octanol–water partition coefficient (Wildman–Crippen LogP) is 7.99. The van der Waals surface area contributed by atoms with Gasteiger partial charge < -0.3 is 9.47 Å². The van der Waals surface area contributed by atoms with Crippen LogP contribution in [0.2, 0.25) is 5.02 Å². The van der Waals surface area contributed by atoms with Gasteiger partial charge in [0.25, 0.3) is 0 Å². The summed E-state index contributed by atoms with van der Waals surface area (Å²) < 4.78 is 80.8. The minimum absolute atomic E-state index is 0.0742. The smallest absolute Gasteiger partial charge is 0.465 e. The Bertz CT molecular complexity index is 1700. The minimum atomic E-state index is -5.18. The van der Waals surface area contributed by atoms with Crippen molar-refractivity contribution < 1.29 is 41.0 Å². The highest BCUT2D eigenvalue weighted by Crippen LogP contribution is 2.48. The Labute approximate surface area is 247 Å². The lowest BCUT2D eigenvalue weighted by Gasteiger charge is -2.48. The number of alkyl halides is 3. The summed E-state index contributed by atoms with van der Waals surface area (Å²) in [6.45, 7) is 1.18. The lowest BCUT2D eigenvalue weighted by atomic mass is 9.85. The molecular weight excluding hydrogens is 597 g/mol. The fraction of sp³-hybridized carbons (Fsp3) is 0.300.